The lowest BCUT2D eigenvalue weighted by Crippen LogP contribution is -2.37. The van der Waals surface area contributed by atoms with E-state index in [1.54, 1.807) is 0 Å². The molecule has 0 aliphatic carbocycles. The number of likely N-dealkylation sites (tertiary alicyclic amines) is 1. The Hall–Kier alpha value is -0.650. The number of benzene rings is 1. The van der Waals surface area contributed by atoms with E-state index in [-0.39, 0.29) is 0 Å². The fraction of sp³-hybridized carbons (Fsp3) is 0.562. The molecule has 0 radical (unpaired) electrons. The molecule has 1 atom stereocenters. The van der Waals surface area contributed by atoms with Crippen molar-refractivity contribution in [2.24, 2.45) is 5.92 Å². The van der Waals surface area contributed by atoms with Gasteiger partial charge in [0.05, 0.1) is 0 Å². The fourth-order valence-electron chi connectivity index (χ4n) is 2.70. The SMILES string of the molecule is CC1CCCN(CCCNC(=S)Nc2ccc(Br)cc2)C1. The van der Waals surface area contributed by atoms with E-state index < -0.39 is 0 Å². The van der Waals surface area contributed by atoms with E-state index in [1.165, 1.54) is 25.9 Å². The van der Waals surface area contributed by atoms with Gasteiger partial charge in [-0.2, -0.15) is 0 Å². The highest BCUT2D eigenvalue weighted by Crippen LogP contribution is 2.15. The Labute approximate surface area is 141 Å². The molecular weight excluding hydrogens is 346 g/mol. The lowest BCUT2D eigenvalue weighted by molar-refractivity contribution is 0.182. The molecule has 1 unspecified atom stereocenters. The van der Waals surface area contributed by atoms with Crippen molar-refractivity contribution in [2.75, 3.05) is 31.5 Å². The second kappa shape index (κ2) is 8.71. The number of anilines is 1. The molecule has 1 aromatic carbocycles. The van der Waals surface area contributed by atoms with Gasteiger partial charge in [-0.3, -0.25) is 0 Å². The highest BCUT2D eigenvalue weighted by Gasteiger charge is 2.15. The molecule has 0 aromatic heterocycles. The van der Waals surface area contributed by atoms with E-state index in [2.05, 4.69) is 38.4 Å². The van der Waals surface area contributed by atoms with Crippen LogP contribution in [0.1, 0.15) is 26.2 Å². The van der Waals surface area contributed by atoms with Gasteiger partial charge in [-0.1, -0.05) is 22.9 Å². The molecule has 1 aromatic rings. The van der Waals surface area contributed by atoms with Crippen LogP contribution in [0.15, 0.2) is 28.7 Å². The number of halogens is 1. The lowest BCUT2D eigenvalue weighted by atomic mass is 10.0. The largest absolute Gasteiger partial charge is 0.362 e. The average molecular weight is 370 g/mol. The van der Waals surface area contributed by atoms with Crippen LogP contribution in [0.3, 0.4) is 0 Å². The molecule has 1 aliphatic heterocycles. The quantitative estimate of drug-likeness (QED) is 0.608. The Bertz CT molecular complexity index is 449. The molecular formula is C16H24BrN3S. The van der Waals surface area contributed by atoms with Gasteiger partial charge in [-0.25, -0.2) is 0 Å². The summed E-state index contributed by atoms with van der Waals surface area (Å²) in [7, 11) is 0. The molecule has 0 amide bonds. The van der Waals surface area contributed by atoms with Crippen LogP contribution >= 0.6 is 28.1 Å². The third-order valence-electron chi connectivity index (χ3n) is 3.78. The summed E-state index contributed by atoms with van der Waals surface area (Å²) in [5.41, 5.74) is 1.01. The molecule has 1 fully saturated rings. The van der Waals surface area contributed by atoms with Gasteiger partial charge >= 0.3 is 0 Å². The van der Waals surface area contributed by atoms with E-state index in [0.717, 1.165) is 35.6 Å². The van der Waals surface area contributed by atoms with Crippen LogP contribution in [-0.4, -0.2) is 36.2 Å². The molecule has 1 saturated heterocycles. The summed E-state index contributed by atoms with van der Waals surface area (Å²) in [6.45, 7) is 6.95. The van der Waals surface area contributed by atoms with Crippen LogP contribution in [-0.2, 0) is 0 Å². The van der Waals surface area contributed by atoms with Crippen LogP contribution in [0, 0.1) is 5.92 Å². The Kier molecular flexibility index (Phi) is 6.93. The van der Waals surface area contributed by atoms with Crippen LogP contribution in [0.25, 0.3) is 0 Å². The summed E-state index contributed by atoms with van der Waals surface area (Å²) in [5.74, 6) is 0.854. The first-order valence-corrected chi connectivity index (χ1v) is 8.86. The van der Waals surface area contributed by atoms with Crippen molar-refractivity contribution in [2.45, 2.75) is 26.2 Å². The van der Waals surface area contributed by atoms with E-state index >= 15 is 0 Å². The molecule has 2 N–H and O–H groups in total. The number of piperidine rings is 1. The summed E-state index contributed by atoms with van der Waals surface area (Å²) < 4.78 is 1.07. The van der Waals surface area contributed by atoms with E-state index in [0.29, 0.717) is 5.11 Å². The van der Waals surface area contributed by atoms with Crippen molar-refractivity contribution >= 4 is 38.9 Å². The van der Waals surface area contributed by atoms with Gasteiger partial charge in [0.25, 0.3) is 0 Å². The van der Waals surface area contributed by atoms with Crippen molar-refractivity contribution in [1.29, 1.82) is 0 Å². The Morgan fingerprint density at radius 2 is 2.14 bits per heavy atom. The van der Waals surface area contributed by atoms with Crippen LogP contribution in [0.5, 0.6) is 0 Å². The molecule has 3 nitrogen and oxygen atoms in total. The van der Waals surface area contributed by atoms with E-state index in [1.807, 2.05) is 24.3 Å². The molecule has 0 spiro atoms. The zero-order chi connectivity index (χ0) is 15.1. The molecule has 0 saturated carbocycles. The van der Waals surface area contributed by atoms with Crippen molar-refractivity contribution in [3.63, 3.8) is 0 Å². The first kappa shape index (κ1) is 16.7. The molecule has 0 bridgehead atoms. The van der Waals surface area contributed by atoms with Crippen molar-refractivity contribution in [3.05, 3.63) is 28.7 Å². The molecule has 21 heavy (non-hydrogen) atoms. The second-order valence-electron chi connectivity index (χ2n) is 5.79. The maximum Gasteiger partial charge on any atom is 0.170 e. The van der Waals surface area contributed by atoms with Gasteiger partial charge in [-0.05, 0) is 74.8 Å². The lowest BCUT2D eigenvalue weighted by Gasteiger charge is -2.30. The maximum absolute atomic E-state index is 5.31. The zero-order valence-corrected chi connectivity index (χ0v) is 15.0. The van der Waals surface area contributed by atoms with E-state index in [4.69, 9.17) is 12.2 Å². The summed E-state index contributed by atoms with van der Waals surface area (Å²) in [5, 5.41) is 7.18. The zero-order valence-electron chi connectivity index (χ0n) is 12.6. The topological polar surface area (TPSA) is 27.3 Å². The van der Waals surface area contributed by atoms with Gasteiger partial charge in [0.2, 0.25) is 0 Å². The molecule has 116 valence electrons. The summed E-state index contributed by atoms with van der Waals surface area (Å²) in [6, 6.07) is 8.02. The average Bonchev–Trinajstić information content (AvgIpc) is 2.46. The predicted octanol–water partition coefficient (Wildman–Crippen LogP) is 3.86. The maximum atomic E-state index is 5.31. The number of hydrogen-bond donors (Lipinski definition) is 2. The van der Waals surface area contributed by atoms with Gasteiger partial charge in [0.15, 0.2) is 5.11 Å². The molecule has 1 aliphatic rings. The summed E-state index contributed by atoms with van der Waals surface area (Å²) >= 11 is 8.73. The van der Waals surface area contributed by atoms with E-state index in [9.17, 15) is 0 Å². The van der Waals surface area contributed by atoms with Gasteiger partial charge in [0.1, 0.15) is 0 Å². The molecule has 1 heterocycles. The summed E-state index contributed by atoms with van der Waals surface area (Å²) in [4.78, 5) is 2.57. The minimum atomic E-state index is 0.698. The van der Waals surface area contributed by atoms with Gasteiger partial charge in [0, 0.05) is 23.2 Å². The predicted molar refractivity (Wildman–Crippen MR) is 97.8 cm³/mol. The fourth-order valence-corrected chi connectivity index (χ4v) is 3.19. The number of hydrogen-bond acceptors (Lipinski definition) is 2. The van der Waals surface area contributed by atoms with Gasteiger partial charge in [-0.15, -0.1) is 0 Å². The van der Waals surface area contributed by atoms with Crippen molar-refractivity contribution < 1.29 is 0 Å². The third-order valence-corrected chi connectivity index (χ3v) is 4.55. The monoisotopic (exact) mass is 369 g/mol. The Balaban J connectivity index is 1.59. The van der Waals surface area contributed by atoms with Crippen LogP contribution in [0.2, 0.25) is 0 Å². The first-order chi connectivity index (χ1) is 10.1. The van der Waals surface area contributed by atoms with Crippen LogP contribution in [0.4, 0.5) is 5.69 Å². The minimum absolute atomic E-state index is 0.698. The molecule has 5 heteroatoms. The van der Waals surface area contributed by atoms with Crippen LogP contribution < -0.4 is 10.6 Å². The smallest absolute Gasteiger partial charge is 0.170 e. The number of thiocarbonyl (C=S) groups is 1. The highest BCUT2D eigenvalue weighted by atomic mass is 79.9. The Morgan fingerprint density at radius 1 is 1.38 bits per heavy atom. The number of rotatable bonds is 5. The number of nitrogens with zero attached hydrogens (tertiary/aromatic N) is 1. The number of nitrogens with one attached hydrogen (secondary N) is 2. The minimum Gasteiger partial charge on any atom is -0.362 e. The standard InChI is InChI=1S/C16H24BrN3S/c1-13-4-2-10-20(12-13)11-3-9-18-16(21)19-15-7-5-14(17)6-8-15/h5-8,13H,2-4,9-12H2,1H3,(H2,18,19,21). The van der Waals surface area contributed by atoms with Crippen molar-refractivity contribution in [3.8, 4) is 0 Å². The van der Waals surface area contributed by atoms with Crippen molar-refractivity contribution in [1.82, 2.24) is 10.2 Å². The third kappa shape index (κ3) is 6.32. The highest BCUT2D eigenvalue weighted by molar-refractivity contribution is 9.10. The normalized spacial score (nSPS) is 19.2. The second-order valence-corrected chi connectivity index (χ2v) is 7.11. The first-order valence-electron chi connectivity index (χ1n) is 7.66. The van der Waals surface area contributed by atoms with Gasteiger partial charge < -0.3 is 15.5 Å². The molecule has 2 rings (SSSR count). The summed E-state index contributed by atoms with van der Waals surface area (Å²) in [6.07, 6.45) is 3.86. The Morgan fingerprint density at radius 3 is 2.86 bits per heavy atom.